The summed E-state index contributed by atoms with van der Waals surface area (Å²) in [5.41, 5.74) is -4.43. The predicted octanol–water partition coefficient (Wildman–Crippen LogP) is 4.81. The normalized spacial score (nSPS) is 12.3. The largest absolute Gasteiger partial charge is 0.453 e. The van der Waals surface area contributed by atoms with E-state index < -0.39 is 46.5 Å². The third-order valence-corrected chi connectivity index (χ3v) is 4.75. The number of amides is 1. The summed E-state index contributed by atoms with van der Waals surface area (Å²) in [6.45, 7) is 0.865. The zero-order valence-electron chi connectivity index (χ0n) is 18.1. The van der Waals surface area contributed by atoms with Crippen molar-refractivity contribution < 1.29 is 35.9 Å². The zero-order valence-corrected chi connectivity index (χ0v) is 18.1. The number of fused-ring (bicyclic) bond motifs is 1. The van der Waals surface area contributed by atoms with E-state index in [0.717, 1.165) is 25.4 Å². The van der Waals surface area contributed by atoms with Crippen LogP contribution in [0, 0.1) is 0 Å². The molecule has 0 bridgehead atoms. The molecule has 0 unspecified atom stereocenters. The average Bonchev–Trinajstić information content (AvgIpc) is 3.15. The lowest BCUT2D eigenvalue weighted by Gasteiger charge is -2.16. The first-order chi connectivity index (χ1) is 15.8. The number of anilines is 2. The molecule has 2 aromatic heterocycles. The molecule has 0 saturated heterocycles. The van der Waals surface area contributed by atoms with Crippen LogP contribution in [0.25, 0.3) is 22.2 Å². The van der Waals surface area contributed by atoms with Gasteiger partial charge in [0.25, 0.3) is 0 Å². The number of halogens is 6. The van der Waals surface area contributed by atoms with Gasteiger partial charge in [0, 0.05) is 36.4 Å². The Hall–Kier alpha value is -3.55. The highest BCUT2D eigenvalue weighted by atomic mass is 19.4. The van der Waals surface area contributed by atoms with Gasteiger partial charge in [-0.25, -0.2) is 14.8 Å². The van der Waals surface area contributed by atoms with Crippen molar-refractivity contribution in [3.8, 4) is 11.3 Å². The van der Waals surface area contributed by atoms with E-state index in [1.807, 2.05) is 10.2 Å². The Kier molecular flexibility index (Phi) is 6.91. The molecule has 0 radical (unpaired) electrons. The number of carbonyl (C=O) groups excluding carboxylic acids is 1. The van der Waals surface area contributed by atoms with Gasteiger partial charge in [0.2, 0.25) is 5.95 Å². The summed E-state index contributed by atoms with van der Waals surface area (Å²) in [5.74, 6) is -0.112. The van der Waals surface area contributed by atoms with Crippen LogP contribution in [0.15, 0.2) is 24.5 Å². The van der Waals surface area contributed by atoms with Gasteiger partial charge in [-0.3, -0.25) is 5.32 Å². The number of benzene rings is 1. The zero-order chi connectivity index (χ0) is 25.3. The molecule has 34 heavy (non-hydrogen) atoms. The first-order valence-corrected chi connectivity index (χ1v) is 9.72. The molecule has 2 heterocycles. The number of nitrogens with one attached hydrogen (secondary N) is 3. The van der Waals surface area contributed by atoms with E-state index in [2.05, 4.69) is 25.0 Å². The molecule has 0 aliphatic heterocycles. The number of aromatic amines is 1. The molecule has 0 fully saturated rings. The number of hydrogen-bond donors (Lipinski definition) is 3. The standard InChI is InChI=1S/C20H20F6N6O2/c1-32(2)7-6-27-17-29-9-12(19(21,22)23)15(31-17)11-8-28-16-10(11)4-5-13(30-18(33)34-3)14(16)20(24,25)26/h4-5,8-9,28H,6-7H2,1-3H3,(H,30,33)(H,27,29,31). The van der Waals surface area contributed by atoms with E-state index in [1.54, 1.807) is 14.1 Å². The van der Waals surface area contributed by atoms with Crippen molar-refractivity contribution in [2.45, 2.75) is 12.4 Å². The lowest BCUT2D eigenvalue weighted by atomic mass is 10.0. The van der Waals surface area contributed by atoms with Gasteiger partial charge in [0.05, 0.1) is 24.0 Å². The smallest absolute Gasteiger partial charge is 0.420 e. The minimum absolute atomic E-state index is 0.112. The topological polar surface area (TPSA) is 95.2 Å². The van der Waals surface area contributed by atoms with Crippen LogP contribution in [-0.4, -0.2) is 60.2 Å². The fourth-order valence-electron chi connectivity index (χ4n) is 3.23. The maximum atomic E-state index is 13.8. The van der Waals surface area contributed by atoms with Gasteiger partial charge in [-0.15, -0.1) is 0 Å². The number of rotatable bonds is 6. The second-order valence-electron chi connectivity index (χ2n) is 7.41. The predicted molar refractivity (Wildman–Crippen MR) is 112 cm³/mol. The number of nitrogens with zero attached hydrogens (tertiary/aromatic N) is 3. The Balaban J connectivity index is 2.19. The van der Waals surface area contributed by atoms with E-state index in [-0.39, 0.29) is 16.9 Å². The van der Waals surface area contributed by atoms with E-state index in [4.69, 9.17) is 0 Å². The van der Waals surface area contributed by atoms with Crippen molar-refractivity contribution in [1.29, 1.82) is 0 Å². The molecule has 1 aromatic carbocycles. The number of hydrogen-bond acceptors (Lipinski definition) is 6. The molecule has 3 N–H and O–H groups in total. The second-order valence-corrected chi connectivity index (χ2v) is 7.41. The van der Waals surface area contributed by atoms with Gasteiger partial charge in [-0.2, -0.15) is 26.3 Å². The molecular formula is C20H20F6N6O2. The summed E-state index contributed by atoms with van der Waals surface area (Å²) >= 11 is 0. The molecule has 0 aliphatic rings. The Bertz CT molecular complexity index is 1190. The molecule has 0 saturated carbocycles. The Labute approximate surface area is 189 Å². The van der Waals surface area contributed by atoms with E-state index >= 15 is 0 Å². The second kappa shape index (κ2) is 9.37. The molecule has 1 amide bonds. The van der Waals surface area contributed by atoms with Crippen molar-refractivity contribution in [2.75, 3.05) is 44.9 Å². The van der Waals surface area contributed by atoms with Crippen molar-refractivity contribution in [3.05, 3.63) is 35.7 Å². The van der Waals surface area contributed by atoms with Crippen molar-refractivity contribution >= 4 is 28.6 Å². The Morgan fingerprint density at radius 2 is 1.85 bits per heavy atom. The molecule has 184 valence electrons. The van der Waals surface area contributed by atoms with Gasteiger partial charge in [-0.05, 0) is 20.2 Å². The number of methoxy groups -OCH3 is 1. The van der Waals surface area contributed by atoms with Gasteiger partial charge < -0.3 is 19.9 Å². The van der Waals surface area contributed by atoms with Crippen LogP contribution in [0.2, 0.25) is 0 Å². The third kappa shape index (κ3) is 5.32. The highest BCUT2D eigenvalue weighted by Gasteiger charge is 2.39. The highest BCUT2D eigenvalue weighted by Crippen LogP contribution is 2.44. The minimum atomic E-state index is -4.95. The maximum absolute atomic E-state index is 13.8. The van der Waals surface area contributed by atoms with Crippen LogP contribution < -0.4 is 10.6 Å². The fraction of sp³-hybridized carbons (Fsp3) is 0.350. The van der Waals surface area contributed by atoms with Crippen LogP contribution in [0.4, 0.5) is 42.8 Å². The summed E-state index contributed by atoms with van der Waals surface area (Å²) in [6.07, 6.45) is -9.37. The highest BCUT2D eigenvalue weighted by molar-refractivity contribution is 6.01. The van der Waals surface area contributed by atoms with Gasteiger partial charge in [0.15, 0.2) is 0 Å². The first-order valence-electron chi connectivity index (χ1n) is 9.72. The van der Waals surface area contributed by atoms with E-state index in [9.17, 15) is 31.1 Å². The van der Waals surface area contributed by atoms with Crippen LogP contribution in [0.1, 0.15) is 11.1 Å². The Morgan fingerprint density at radius 3 is 2.44 bits per heavy atom. The monoisotopic (exact) mass is 490 g/mol. The SMILES string of the molecule is COC(=O)Nc1ccc2c(-c3nc(NCCN(C)C)ncc3C(F)(F)F)c[nH]c2c1C(F)(F)F. The van der Waals surface area contributed by atoms with Gasteiger partial charge in [-0.1, -0.05) is 6.07 Å². The molecule has 3 rings (SSSR count). The van der Waals surface area contributed by atoms with Gasteiger partial charge >= 0.3 is 18.4 Å². The maximum Gasteiger partial charge on any atom is 0.420 e. The average molecular weight is 490 g/mol. The molecule has 0 spiro atoms. The van der Waals surface area contributed by atoms with Crippen molar-refractivity contribution in [2.24, 2.45) is 0 Å². The minimum Gasteiger partial charge on any atom is -0.453 e. The summed E-state index contributed by atoms with van der Waals surface area (Å²) < 4.78 is 87.0. The fourth-order valence-corrected chi connectivity index (χ4v) is 3.23. The van der Waals surface area contributed by atoms with Crippen LogP contribution >= 0.6 is 0 Å². The Morgan fingerprint density at radius 1 is 1.15 bits per heavy atom. The number of H-pyrrole nitrogens is 1. The summed E-state index contributed by atoms with van der Waals surface area (Å²) in [6, 6.07) is 2.09. The van der Waals surface area contributed by atoms with Crippen LogP contribution in [-0.2, 0) is 17.1 Å². The number of carbonyl (C=O) groups is 1. The third-order valence-electron chi connectivity index (χ3n) is 4.75. The van der Waals surface area contributed by atoms with Crippen LogP contribution in [0.3, 0.4) is 0 Å². The summed E-state index contributed by atoms with van der Waals surface area (Å²) in [5, 5.41) is 4.58. The molecule has 0 atom stereocenters. The van der Waals surface area contributed by atoms with Crippen molar-refractivity contribution in [3.63, 3.8) is 0 Å². The molecule has 3 aromatic rings. The summed E-state index contributed by atoms with van der Waals surface area (Å²) in [7, 11) is 4.58. The first kappa shape index (κ1) is 25.1. The lowest BCUT2D eigenvalue weighted by molar-refractivity contribution is -0.137. The molecule has 0 aliphatic carbocycles. The molecule has 8 nitrogen and oxygen atoms in total. The number of aromatic nitrogens is 3. The van der Waals surface area contributed by atoms with E-state index in [0.29, 0.717) is 19.3 Å². The molecular weight excluding hydrogens is 470 g/mol. The quantitative estimate of drug-likeness (QED) is 0.429. The summed E-state index contributed by atoms with van der Waals surface area (Å²) in [4.78, 5) is 23.3. The molecule has 14 heteroatoms. The number of alkyl halides is 6. The number of ether oxygens (including phenoxy) is 1. The van der Waals surface area contributed by atoms with Gasteiger partial charge in [0.1, 0.15) is 11.1 Å². The van der Waals surface area contributed by atoms with E-state index in [1.165, 1.54) is 0 Å². The lowest BCUT2D eigenvalue weighted by Crippen LogP contribution is -2.22. The van der Waals surface area contributed by atoms with Crippen molar-refractivity contribution in [1.82, 2.24) is 19.9 Å². The van der Waals surface area contributed by atoms with Crippen LogP contribution in [0.5, 0.6) is 0 Å². The number of likely N-dealkylation sites (N-methyl/N-ethyl adjacent to an activating group) is 1.